The first-order valence-corrected chi connectivity index (χ1v) is 7.17. The number of rotatable bonds is 9. The van der Waals surface area contributed by atoms with E-state index < -0.39 is 29.2 Å². The van der Waals surface area contributed by atoms with Gasteiger partial charge in [0, 0.05) is 6.54 Å². The molecule has 0 aromatic heterocycles. The van der Waals surface area contributed by atoms with E-state index in [1.54, 1.807) is 0 Å². The Kier molecular flexibility index (Phi) is 7.73. The third-order valence-electron chi connectivity index (χ3n) is 1.92. The third kappa shape index (κ3) is 11.9. The molecule has 0 amide bonds. The molecule has 0 aromatic rings. The molecule has 0 aliphatic carbocycles. The first-order valence-electron chi connectivity index (χ1n) is 5.51. The van der Waals surface area contributed by atoms with Crippen molar-refractivity contribution in [3.8, 4) is 0 Å². The van der Waals surface area contributed by atoms with E-state index in [0.29, 0.717) is 13.0 Å². The van der Waals surface area contributed by atoms with E-state index in [1.165, 1.54) is 0 Å². The maximum Gasteiger partial charge on any atom is 0.390 e. The lowest BCUT2D eigenvalue weighted by Gasteiger charge is -2.08. The highest BCUT2D eigenvalue weighted by molar-refractivity contribution is 7.89. The highest BCUT2D eigenvalue weighted by atomic mass is 32.2. The summed E-state index contributed by atoms with van der Waals surface area (Å²) in [6, 6.07) is 0. The van der Waals surface area contributed by atoms with Crippen LogP contribution in [-0.2, 0) is 10.0 Å². The molecule has 8 heteroatoms. The van der Waals surface area contributed by atoms with Gasteiger partial charge in [0.05, 0.1) is 12.2 Å². The van der Waals surface area contributed by atoms with Crippen LogP contribution in [0.5, 0.6) is 0 Å². The first-order chi connectivity index (χ1) is 7.77. The molecule has 0 radical (unpaired) electrons. The standard InChI is InChI=1S/C9H19F3N2O2S/c1-2-5-13-6-3-8-17(15,16)14-7-4-9(10,11)12/h13-14H,2-8H2,1H3. The van der Waals surface area contributed by atoms with Gasteiger partial charge in [-0.2, -0.15) is 13.2 Å². The van der Waals surface area contributed by atoms with Crippen LogP contribution in [0.2, 0.25) is 0 Å². The zero-order chi connectivity index (χ0) is 13.4. The molecule has 0 saturated carbocycles. The molecule has 17 heavy (non-hydrogen) atoms. The molecule has 0 heterocycles. The third-order valence-corrected chi connectivity index (χ3v) is 3.39. The molecule has 0 unspecified atom stereocenters. The molecule has 4 nitrogen and oxygen atoms in total. The molecule has 0 rings (SSSR count). The van der Waals surface area contributed by atoms with Gasteiger partial charge in [-0.1, -0.05) is 6.92 Å². The van der Waals surface area contributed by atoms with Gasteiger partial charge in [-0.05, 0) is 25.9 Å². The van der Waals surface area contributed by atoms with Gasteiger partial charge in [0.1, 0.15) is 0 Å². The van der Waals surface area contributed by atoms with Gasteiger partial charge >= 0.3 is 6.18 Å². The van der Waals surface area contributed by atoms with Gasteiger partial charge in [-0.15, -0.1) is 0 Å². The molecule has 0 atom stereocenters. The van der Waals surface area contributed by atoms with E-state index in [1.807, 2.05) is 11.6 Å². The van der Waals surface area contributed by atoms with E-state index >= 15 is 0 Å². The van der Waals surface area contributed by atoms with Crippen LogP contribution in [0.25, 0.3) is 0 Å². The summed E-state index contributed by atoms with van der Waals surface area (Å²) in [5, 5.41) is 3.02. The Labute approximate surface area is 100 Å². The second-order valence-corrected chi connectivity index (χ2v) is 5.61. The first kappa shape index (κ1) is 16.7. The minimum atomic E-state index is -4.33. The maximum absolute atomic E-state index is 11.8. The Morgan fingerprint density at radius 3 is 2.29 bits per heavy atom. The van der Waals surface area contributed by atoms with Crippen molar-refractivity contribution in [2.75, 3.05) is 25.4 Å². The van der Waals surface area contributed by atoms with Crippen molar-refractivity contribution in [1.29, 1.82) is 0 Å². The number of sulfonamides is 1. The monoisotopic (exact) mass is 276 g/mol. The molecule has 0 saturated heterocycles. The van der Waals surface area contributed by atoms with Gasteiger partial charge in [-0.3, -0.25) is 0 Å². The average Bonchev–Trinajstić information content (AvgIpc) is 2.14. The van der Waals surface area contributed by atoms with Crippen molar-refractivity contribution in [3.05, 3.63) is 0 Å². The molecule has 0 aliphatic heterocycles. The summed E-state index contributed by atoms with van der Waals surface area (Å²) < 4.78 is 59.7. The lowest BCUT2D eigenvalue weighted by atomic mass is 10.4. The molecule has 0 aliphatic rings. The SMILES string of the molecule is CCCNCCCS(=O)(=O)NCCC(F)(F)F. The molecule has 0 fully saturated rings. The van der Waals surface area contributed by atoms with Crippen LogP contribution in [0.3, 0.4) is 0 Å². The minimum absolute atomic E-state index is 0.151. The Morgan fingerprint density at radius 1 is 1.12 bits per heavy atom. The number of alkyl halides is 3. The van der Waals surface area contributed by atoms with Crippen molar-refractivity contribution >= 4 is 10.0 Å². The number of hydrogen-bond donors (Lipinski definition) is 2. The van der Waals surface area contributed by atoms with Crippen LogP contribution in [-0.4, -0.2) is 40.0 Å². The summed E-state index contributed by atoms with van der Waals surface area (Å²) in [4.78, 5) is 0. The van der Waals surface area contributed by atoms with Gasteiger partial charge in [0.25, 0.3) is 0 Å². The number of nitrogens with one attached hydrogen (secondary N) is 2. The fourth-order valence-electron chi connectivity index (χ4n) is 1.11. The van der Waals surface area contributed by atoms with Crippen molar-refractivity contribution < 1.29 is 21.6 Å². The van der Waals surface area contributed by atoms with E-state index in [9.17, 15) is 21.6 Å². The zero-order valence-corrected chi connectivity index (χ0v) is 10.6. The van der Waals surface area contributed by atoms with Gasteiger partial charge in [-0.25, -0.2) is 13.1 Å². The quantitative estimate of drug-likeness (QED) is 0.623. The topological polar surface area (TPSA) is 58.2 Å². The summed E-state index contributed by atoms with van der Waals surface area (Å²) in [6.07, 6.45) is -4.12. The predicted molar refractivity (Wildman–Crippen MR) is 60.2 cm³/mol. The van der Waals surface area contributed by atoms with Crippen LogP contribution >= 0.6 is 0 Å². The predicted octanol–water partition coefficient (Wildman–Crippen LogP) is 1.25. The van der Waals surface area contributed by atoms with E-state index in [4.69, 9.17) is 0 Å². The lowest BCUT2D eigenvalue weighted by molar-refractivity contribution is -0.132. The summed E-state index contributed by atoms with van der Waals surface area (Å²) in [5.74, 6) is -0.151. The van der Waals surface area contributed by atoms with Crippen LogP contribution in [0.15, 0.2) is 0 Å². The molecule has 0 bridgehead atoms. The van der Waals surface area contributed by atoms with Crippen molar-refractivity contribution in [2.45, 2.75) is 32.4 Å². The number of halogens is 3. The summed E-state index contributed by atoms with van der Waals surface area (Å²) in [5.41, 5.74) is 0. The van der Waals surface area contributed by atoms with E-state index in [-0.39, 0.29) is 5.75 Å². The lowest BCUT2D eigenvalue weighted by Crippen LogP contribution is -2.31. The second-order valence-electron chi connectivity index (χ2n) is 3.68. The second kappa shape index (κ2) is 7.88. The molecular weight excluding hydrogens is 257 g/mol. The average molecular weight is 276 g/mol. The van der Waals surface area contributed by atoms with E-state index in [0.717, 1.165) is 13.0 Å². The van der Waals surface area contributed by atoms with Crippen LogP contribution in [0.1, 0.15) is 26.2 Å². The highest BCUT2D eigenvalue weighted by Gasteiger charge is 2.27. The molecular formula is C9H19F3N2O2S. The largest absolute Gasteiger partial charge is 0.390 e. The van der Waals surface area contributed by atoms with Gasteiger partial charge in [0.2, 0.25) is 10.0 Å². The molecule has 0 aromatic carbocycles. The van der Waals surface area contributed by atoms with Crippen molar-refractivity contribution in [2.24, 2.45) is 0 Å². The Bertz CT molecular complexity index is 291. The summed E-state index contributed by atoms with van der Waals surface area (Å²) in [7, 11) is -3.58. The van der Waals surface area contributed by atoms with Crippen molar-refractivity contribution in [1.82, 2.24) is 10.0 Å². The molecule has 0 spiro atoms. The minimum Gasteiger partial charge on any atom is -0.317 e. The number of hydrogen-bond acceptors (Lipinski definition) is 3. The van der Waals surface area contributed by atoms with Crippen LogP contribution in [0, 0.1) is 0 Å². The fraction of sp³-hybridized carbons (Fsp3) is 1.00. The Morgan fingerprint density at radius 2 is 1.76 bits per heavy atom. The normalized spacial score (nSPS) is 12.9. The maximum atomic E-state index is 11.8. The van der Waals surface area contributed by atoms with Gasteiger partial charge in [0.15, 0.2) is 0 Å². The molecule has 2 N–H and O–H groups in total. The van der Waals surface area contributed by atoms with Crippen molar-refractivity contribution in [3.63, 3.8) is 0 Å². The summed E-state index contributed by atoms with van der Waals surface area (Å²) >= 11 is 0. The Balaban J connectivity index is 3.67. The zero-order valence-electron chi connectivity index (χ0n) is 9.81. The van der Waals surface area contributed by atoms with E-state index in [2.05, 4.69) is 5.32 Å². The fourth-order valence-corrected chi connectivity index (χ4v) is 2.19. The van der Waals surface area contributed by atoms with Crippen LogP contribution in [0.4, 0.5) is 13.2 Å². The highest BCUT2D eigenvalue weighted by Crippen LogP contribution is 2.18. The smallest absolute Gasteiger partial charge is 0.317 e. The van der Waals surface area contributed by atoms with Crippen LogP contribution < -0.4 is 10.0 Å². The molecule has 104 valence electrons. The summed E-state index contributed by atoms with van der Waals surface area (Å²) in [6.45, 7) is 2.76. The van der Waals surface area contributed by atoms with Gasteiger partial charge < -0.3 is 5.32 Å². The Hall–Kier alpha value is -0.340.